The van der Waals surface area contributed by atoms with Gasteiger partial charge >= 0.3 is 6.36 Å². The third-order valence-electron chi connectivity index (χ3n) is 3.31. The number of benzene rings is 1. The lowest BCUT2D eigenvalue weighted by molar-refractivity contribution is -0.274. The van der Waals surface area contributed by atoms with Crippen LogP contribution < -0.4 is 10.1 Å². The Morgan fingerprint density at radius 1 is 1.25 bits per heavy atom. The summed E-state index contributed by atoms with van der Waals surface area (Å²) in [5, 5.41) is 4.43. The van der Waals surface area contributed by atoms with Gasteiger partial charge in [-0.2, -0.15) is 4.37 Å². The number of ether oxygens (including phenoxy) is 1. The highest BCUT2D eigenvalue weighted by Gasteiger charge is 2.31. The summed E-state index contributed by atoms with van der Waals surface area (Å²) in [7, 11) is 0. The number of nitrogens with one attached hydrogen (secondary N) is 1. The maximum Gasteiger partial charge on any atom is 0.573 e. The molecule has 2 aromatic heterocycles. The van der Waals surface area contributed by atoms with Gasteiger partial charge in [0.1, 0.15) is 11.5 Å². The van der Waals surface area contributed by atoms with Crippen molar-refractivity contribution in [3.8, 4) is 16.2 Å². The van der Waals surface area contributed by atoms with Crippen LogP contribution >= 0.6 is 22.9 Å². The zero-order chi connectivity index (χ0) is 20.3. The molecule has 1 amide bonds. The van der Waals surface area contributed by atoms with Crippen LogP contribution in [0.15, 0.2) is 35.7 Å². The van der Waals surface area contributed by atoms with Gasteiger partial charge in [-0.15, -0.1) is 24.5 Å². The second kappa shape index (κ2) is 8.07. The van der Waals surface area contributed by atoms with E-state index in [4.69, 9.17) is 0 Å². The molecule has 1 aromatic carbocycles. The molecule has 6 nitrogen and oxygen atoms in total. The van der Waals surface area contributed by atoms with Crippen molar-refractivity contribution in [1.29, 1.82) is 0 Å². The van der Waals surface area contributed by atoms with E-state index in [1.54, 1.807) is 17.5 Å². The number of anilines is 1. The molecule has 0 aliphatic heterocycles. The van der Waals surface area contributed by atoms with Crippen molar-refractivity contribution in [2.75, 3.05) is 5.32 Å². The first-order valence-corrected chi connectivity index (χ1v) is 9.43. The van der Waals surface area contributed by atoms with Crippen molar-refractivity contribution in [3.05, 3.63) is 47.1 Å². The molecule has 1 N–H and O–H groups in total. The lowest BCUT2D eigenvalue weighted by atomic mass is 10.1. The predicted octanol–water partition coefficient (Wildman–Crippen LogP) is 4.55. The summed E-state index contributed by atoms with van der Waals surface area (Å²) in [6, 6.07) is 7.07. The van der Waals surface area contributed by atoms with Crippen molar-refractivity contribution in [1.82, 2.24) is 9.36 Å². The number of nitrogens with zero attached hydrogens (tertiary/aromatic N) is 2. The molecule has 2 heterocycles. The molecule has 0 spiro atoms. The first-order chi connectivity index (χ1) is 13.2. The lowest BCUT2D eigenvalue weighted by Gasteiger charge is -2.09. The van der Waals surface area contributed by atoms with Crippen molar-refractivity contribution in [2.24, 2.45) is 0 Å². The second-order valence-electron chi connectivity index (χ2n) is 5.62. The minimum absolute atomic E-state index is 0.0881. The number of carbonyl (C=O) groups is 2. The Bertz CT molecular complexity index is 1010. The molecule has 3 aromatic rings. The van der Waals surface area contributed by atoms with Gasteiger partial charge in [0.25, 0.3) is 5.91 Å². The van der Waals surface area contributed by atoms with Crippen molar-refractivity contribution in [3.63, 3.8) is 0 Å². The van der Waals surface area contributed by atoms with Gasteiger partial charge < -0.3 is 4.74 Å². The van der Waals surface area contributed by atoms with Crippen molar-refractivity contribution >= 4 is 39.7 Å². The number of Topliss-reactive ketones (excluding diaryl/α,β-unsaturated/α-hetero) is 1. The number of amides is 1. The van der Waals surface area contributed by atoms with Gasteiger partial charge in [0.2, 0.25) is 5.13 Å². The number of rotatable bonds is 6. The van der Waals surface area contributed by atoms with Crippen LogP contribution in [0.5, 0.6) is 5.75 Å². The van der Waals surface area contributed by atoms with Crippen LogP contribution in [0.1, 0.15) is 23.1 Å². The molecule has 11 heteroatoms. The summed E-state index contributed by atoms with van der Waals surface area (Å²) >= 11 is 2.17. The summed E-state index contributed by atoms with van der Waals surface area (Å²) < 4.78 is 45.0. The smallest absolute Gasteiger partial charge is 0.406 e. The van der Waals surface area contributed by atoms with Gasteiger partial charge in [-0.3, -0.25) is 14.9 Å². The van der Waals surface area contributed by atoms with Gasteiger partial charge in [0.05, 0.1) is 12.0 Å². The van der Waals surface area contributed by atoms with E-state index in [0.717, 1.165) is 11.5 Å². The van der Waals surface area contributed by atoms with Crippen molar-refractivity contribution < 1.29 is 27.5 Å². The topological polar surface area (TPSA) is 81.2 Å². The van der Waals surface area contributed by atoms with Gasteiger partial charge in [0.15, 0.2) is 5.82 Å². The largest absolute Gasteiger partial charge is 0.573 e. The van der Waals surface area contributed by atoms with Gasteiger partial charge in [-0.1, -0.05) is 12.1 Å². The third kappa shape index (κ3) is 5.36. The number of ketones is 1. The summed E-state index contributed by atoms with van der Waals surface area (Å²) in [5.74, 6) is -0.526. The molecule has 28 heavy (non-hydrogen) atoms. The Morgan fingerprint density at radius 3 is 2.75 bits per heavy atom. The highest BCUT2D eigenvalue weighted by atomic mass is 32.1. The monoisotopic (exact) mass is 427 g/mol. The molecule has 0 fully saturated rings. The van der Waals surface area contributed by atoms with Gasteiger partial charge in [-0.05, 0) is 30.7 Å². The molecule has 0 aliphatic rings. The van der Waals surface area contributed by atoms with Crippen LogP contribution in [0, 0.1) is 0 Å². The molecule has 0 saturated heterocycles. The van der Waals surface area contributed by atoms with Crippen LogP contribution in [0.2, 0.25) is 0 Å². The standard InChI is InChI=1S/C17H12F3N3O3S2/c1-9(24)5-14-21-16(28-23-14)22-15(25)11-7-13(27-8-11)10-3-2-4-12(6-10)26-17(18,19)20/h2-4,6-8H,5H2,1H3,(H,21,22,23,25). The van der Waals surface area contributed by atoms with E-state index < -0.39 is 12.3 Å². The number of hydrogen-bond donors (Lipinski definition) is 1. The van der Waals surface area contributed by atoms with Crippen molar-refractivity contribution in [2.45, 2.75) is 19.7 Å². The molecular weight excluding hydrogens is 415 g/mol. The Hall–Kier alpha value is -2.79. The zero-order valence-electron chi connectivity index (χ0n) is 14.2. The quantitative estimate of drug-likeness (QED) is 0.624. The number of carbonyl (C=O) groups excluding carboxylic acids is 2. The lowest BCUT2D eigenvalue weighted by Crippen LogP contribution is -2.17. The zero-order valence-corrected chi connectivity index (χ0v) is 15.9. The molecule has 0 aliphatic carbocycles. The second-order valence-corrected chi connectivity index (χ2v) is 7.29. The number of alkyl halides is 3. The number of hydrogen-bond acceptors (Lipinski definition) is 7. The normalized spacial score (nSPS) is 11.3. The molecule has 0 saturated carbocycles. The molecular formula is C17H12F3N3O3S2. The summed E-state index contributed by atoms with van der Waals surface area (Å²) in [5.41, 5.74) is 0.816. The first kappa shape index (κ1) is 20.0. The fraction of sp³-hybridized carbons (Fsp3) is 0.176. The average Bonchev–Trinajstić information content (AvgIpc) is 3.22. The van der Waals surface area contributed by atoms with Gasteiger partial charge in [-0.25, -0.2) is 4.98 Å². The van der Waals surface area contributed by atoms with E-state index in [1.165, 1.54) is 36.5 Å². The summed E-state index contributed by atoms with van der Waals surface area (Å²) in [6.45, 7) is 1.42. The molecule has 0 radical (unpaired) electrons. The predicted molar refractivity (Wildman–Crippen MR) is 98.7 cm³/mol. The van der Waals surface area contributed by atoms with Crippen LogP contribution in [0.25, 0.3) is 10.4 Å². The van der Waals surface area contributed by atoms with E-state index in [9.17, 15) is 22.8 Å². The van der Waals surface area contributed by atoms with Crippen LogP contribution in [-0.2, 0) is 11.2 Å². The summed E-state index contributed by atoms with van der Waals surface area (Å²) in [4.78, 5) is 28.1. The molecule has 0 bridgehead atoms. The van der Waals surface area contributed by atoms with Gasteiger partial charge in [0, 0.05) is 21.8 Å². The van der Waals surface area contributed by atoms with E-state index >= 15 is 0 Å². The van der Waals surface area contributed by atoms with Crippen LogP contribution in [-0.4, -0.2) is 27.4 Å². The molecule has 146 valence electrons. The fourth-order valence-corrected chi connectivity index (χ4v) is 3.69. The Morgan fingerprint density at radius 2 is 2.04 bits per heavy atom. The van der Waals surface area contributed by atoms with Crippen LogP contribution in [0.4, 0.5) is 18.3 Å². The average molecular weight is 427 g/mol. The SMILES string of the molecule is CC(=O)Cc1nsc(NC(=O)c2csc(-c3cccc(OC(F)(F)F)c3)c2)n1. The third-order valence-corrected chi connectivity index (χ3v) is 4.96. The first-order valence-electron chi connectivity index (χ1n) is 7.78. The highest BCUT2D eigenvalue weighted by molar-refractivity contribution is 7.14. The number of halogens is 3. The Labute approximate surface area is 165 Å². The Balaban J connectivity index is 1.71. The minimum Gasteiger partial charge on any atom is -0.406 e. The number of aromatic nitrogens is 2. The molecule has 0 unspecified atom stereocenters. The fourth-order valence-electron chi connectivity index (χ4n) is 2.22. The van der Waals surface area contributed by atoms with E-state index in [-0.39, 0.29) is 23.1 Å². The Kier molecular flexibility index (Phi) is 5.75. The maximum absolute atomic E-state index is 12.4. The van der Waals surface area contributed by atoms with Crippen LogP contribution in [0.3, 0.4) is 0 Å². The van der Waals surface area contributed by atoms with E-state index in [0.29, 0.717) is 21.8 Å². The number of thiophene rings is 1. The molecule has 3 rings (SSSR count). The summed E-state index contributed by atoms with van der Waals surface area (Å²) in [6.07, 6.45) is -4.69. The minimum atomic E-state index is -4.78. The molecule has 0 atom stereocenters. The maximum atomic E-state index is 12.4. The van der Waals surface area contributed by atoms with E-state index in [2.05, 4.69) is 19.4 Å². The van der Waals surface area contributed by atoms with E-state index in [1.807, 2.05) is 0 Å². The highest BCUT2D eigenvalue weighted by Crippen LogP contribution is 2.32.